The Morgan fingerprint density at radius 3 is 2.50 bits per heavy atom. The number of nitrogens with zero attached hydrogens (tertiary/aromatic N) is 1. The van der Waals surface area contributed by atoms with Gasteiger partial charge in [-0.05, 0) is 55.7 Å². The Bertz CT molecular complexity index is 642. The van der Waals surface area contributed by atoms with Gasteiger partial charge in [-0.15, -0.1) is 0 Å². The van der Waals surface area contributed by atoms with Crippen LogP contribution in [0.15, 0.2) is 48.5 Å². The lowest BCUT2D eigenvalue weighted by molar-refractivity contribution is 0.112. The number of benzene rings is 2. The maximum atomic E-state index is 10.3. The van der Waals surface area contributed by atoms with Crippen LogP contribution in [0, 0.1) is 0 Å². The lowest BCUT2D eigenvalue weighted by atomic mass is 10.0. The number of aryl methyl sites for hydroxylation is 1. The summed E-state index contributed by atoms with van der Waals surface area (Å²) in [6.07, 6.45) is 1.72. The van der Waals surface area contributed by atoms with Crippen molar-refractivity contribution in [3.63, 3.8) is 0 Å². The van der Waals surface area contributed by atoms with Crippen molar-refractivity contribution in [3.8, 4) is 11.5 Å². The molecule has 0 bridgehead atoms. The SMILES string of the molecule is CCOc1ccc(OC[C@@H](O)CN2CCCc3ccccc32)cc1. The van der Waals surface area contributed by atoms with Crippen LogP contribution in [0.25, 0.3) is 0 Å². The van der Waals surface area contributed by atoms with Crippen molar-refractivity contribution in [1.82, 2.24) is 0 Å². The van der Waals surface area contributed by atoms with E-state index < -0.39 is 6.10 Å². The molecule has 4 heteroatoms. The molecule has 1 N–H and O–H groups in total. The fourth-order valence-electron chi connectivity index (χ4n) is 3.10. The van der Waals surface area contributed by atoms with Gasteiger partial charge < -0.3 is 19.5 Å². The Balaban J connectivity index is 1.52. The second-order valence-electron chi connectivity index (χ2n) is 6.05. The predicted octanol–water partition coefficient (Wildman–Crippen LogP) is 3.28. The normalized spacial score (nSPS) is 14.8. The summed E-state index contributed by atoms with van der Waals surface area (Å²) < 4.78 is 11.1. The molecule has 24 heavy (non-hydrogen) atoms. The van der Waals surface area contributed by atoms with Gasteiger partial charge in [0, 0.05) is 18.8 Å². The summed E-state index contributed by atoms with van der Waals surface area (Å²) in [7, 11) is 0. The standard InChI is InChI=1S/C20H25NO3/c1-2-23-18-9-11-19(12-10-18)24-15-17(22)14-21-13-5-7-16-6-3-4-8-20(16)21/h3-4,6,8-12,17,22H,2,5,7,13-15H2,1H3/t17-/m0/s1. The summed E-state index contributed by atoms with van der Waals surface area (Å²) >= 11 is 0. The molecule has 0 saturated carbocycles. The fraction of sp³-hybridized carbons (Fsp3) is 0.400. The summed E-state index contributed by atoms with van der Waals surface area (Å²) in [5.74, 6) is 1.58. The minimum absolute atomic E-state index is 0.284. The highest BCUT2D eigenvalue weighted by Crippen LogP contribution is 2.26. The number of anilines is 1. The number of hydrogen-bond acceptors (Lipinski definition) is 4. The van der Waals surface area contributed by atoms with E-state index in [9.17, 15) is 5.11 Å². The summed E-state index contributed by atoms with van der Waals surface area (Å²) in [4.78, 5) is 2.26. The first-order valence-electron chi connectivity index (χ1n) is 8.63. The molecule has 1 aliphatic heterocycles. The van der Waals surface area contributed by atoms with Gasteiger partial charge in [-0.2, -0.15) is 0 Å². The highest BCUT2D eigenvalue weighted by molar-refractivity contribution is 5.55. The molecule has 3 rings (SSSR count). The van der Waals surface area contributed by atoms with Gasteiger partial charge in [0.25, 0.3) is 0 Å². The zero-order chi connectivity index (χ0) is 16.8. The number of ether oxygens (including phenoxy) is 2. The zero-order valence-electron chi connectivity index (χ0n) is 14.1. The lowest BCUT2D eigenvalue weighted by Gasteiger charge is -2.32. The van der Waals surface area contributed by atoms with Gasteiger partial charge in [-0.25, -0.2) is 0 Å². The van der Waals surface area contributed by atoms with E-state index in [1.165, 1.54) is 11.3 Å². The highest BCUT2D eigenvalue weighted by atomic mass is 16.5. The third-order valence-corrected chi connectivity index (χ3v) is 4.21. The molecule has 0 fully saturated rings. The maximum absolute atomic E-state index is 10.3. The minimum Gasteiger partial charge on any atom is -0.494 e. The molecule has 0 aromatic heterocycles. The van der Waals surface area contributed by atoms with Gasteiger partial charge in [0.05, 0.1) is 6.61 Å². The molecule has 4 nitrogen and oxygen atoms in total. The molecule has 0 radical (unpaired) electrons. The monoisotopic (exact) mass is 327 g/mol. The van der Waals surface area contributed by atoms with E-state index in [1.807, 2.05) is 31.2 Å². The Morgan fingerprint density at radius 1 is 1.04 bits per heavy atom. The number of aliphatic hydroxyl groups is 1. The van der Waals surface area contributed by atoms with E-state index >= 15 is 0 Å². The van der Waals surface area contributed by atoms with E-state index in [0.29, 0.717) is 13.2 Å². The van der Waals surface area contributed by atoms with Crippen molar-refractivity contribution in [2.45, 2.75) is 25.9 Å². The van der Waals surface area contributed by atoms with Crippen molar-refractivity contribution in [2.24, 2.45) is 0 Å². The van der Waals surface area contributed by atoms with E-state index in [1.54, 1.807) is 0 Å². The first-order valence-corrected chi connectivity index (χ1v) is 8.63. The third-order valence-electron chi connectivity index (χ3n) is 4.21. The molecule has 0 spiro atoms. The molecule has 128 valence electrons. The molecule has 1 heterocycles. The number of aliphatic hydroxyl groups excluding tert-OH is 1. The number of para-hydroxylation sites is 1. The summed E-state index contributed by atoms with van der Waals surface area (Å²) in [5, 5.41) is 10.3. The Morgan fingerprint density at radius 2 is 1.75 bits per heavy atom. The topological polar surface area (TPSA) is 41.9 Å². The highest BCUT2D eigenvalue weighted by Gasteiger charge is 2.19. The average molecular weight is 327 g/mol. The van der Waals surface area contributed by atoms with Crippen LogP contribution in [-0.4, -0.2) is 37.5 Å². The first-order chi connectivity index (χ1) is 11.8. The van der Waals surface area contributed by atoms with Crippen molar-refractivity contribution >= 4 is 5.69 Å². The molecule has 2 aromatic rings. The van der Waals surface area contributed by atoms with Crippen LogP contribution in [0.3, 0.4) is 0 Å². The maximum Gasteiger partial charge on any atom is 0.119 e. The third kappa shape index (κ3) is 4.20. The van der Waals surface area contributed by atoms with Crippen molar-refractivity contribution < 1.29 is 14.6 Å². The number of β-amino-alcohol motifs (C(OH)–C–C–N with tert-alkyl or cyclic N) is 1. The van der Waals surface area contributed by atoms with Crippen molar-refractivity contribution in [1.29, 1.82) is 0 Å². The zero-order valence-corrected chi connectivity index (χ0v) is 14.1. The van der Waals surface area contributed by atoms with Crippen molar-refractivity contribution in [3.05, 3.63) is 54.1 Å². The van der Waals surface area contributed by atoms with Crippen molar-refractivity contribution in [2.75, 3.05) is 31.2 Å². The Kier molecular flexibility index (Phi) is 5.59. The first kappa shape index (κ1) is 16.7. The average Bonchev–Trinajstić information content (AvgIpc) is 2.62. The molecular weight excluding hydrogens is 302 g/mol. The molecular formula is C20H25NO3. The van der Waals surface area contributed by atoms with Crippen LogP contribution in [0.4, 0.5) is 5.69 Å². The molecule has 0 saturated heterocycles. The quantitative estimate of drug-likeness (QED) is 0.847. The van der Waals surface area contributed by atoms with E-state index in [4.69, 9.17) is 9.47 Å². The smallest absolute Gasteiger partial charge is 0.119 e. The van der Waals surface area contributed by atoms with Gasteiger partial charge in [-0.1, -0.05) is 18.2 Å². The van der Waals surface area contributed by atoms with Gasteiger partial charge in [0.15, 0.2) is 0 Å². The predicted molar refractivity (Wildman–Crippen MR) is 96.1 cm³/mol. The van der Waals surface area contributed by atoms with Crippen LogP contribution in [0.5, 0.6) is 11.5 Å². The molecule has 2 aromatic carbocycles. The largest absolute Gasteiger partial charge is 0.494 e. The molecule has 1 aliphatic rings. The second-order valence-corrected chi connectivity index (χ2v) is 6.05. The number of hydrogen-bond donors (Lipinski definition) is 1. The van der Waals surface area contributed by atoms with Gasteiger partial charge in [0.2, 0.25) is 0 Å². The van der Waals surface area contributed by atoms with Crippen LogP contribution in [-0.2, 0) is 6.42 Å². The molecule has 1 atom stereocenters. The number of fused-ring (bicyclic) bond motifs is 1. The van der Waals surface area contributed by atoms with Crippen LogP contribution in [0.1, 0.15) is 18.9 Å². The summed E-state index contributed by atoms with van der Waals surface area (Å²) in [6.45, 7) is 4.47. The fourth-order valence-corrected chi connectivity index (χ4v) is 3.10. The Hall–Kier alpha value is -2.20. The van der Waals surface area contributed by atoms with Gasteiger partial charge in [0.1, 0.15) is 24.2 Å². The van der Waals surface area contributed by atoms with E-state index in [0.717, 1.165) is 30.9 Å². The van der Waals surface area contributed by atoms with Gasteiger partial charge in [-0.3, -0.25) is 0 Å². The lowest BCUT2D eigenvalue weighted by Crippen LogP contribution is -2.38. The molecule has 0 aliphatic carbocycles. The number of rotatable bonds is 7. The second kappa shape index (κ2) is 8.06. The molecule has 0 unspecified atom stereocenters. The van der Waals surface area contributed by atoms with Gasteiger partial charge >= 0.3 is 0 Å². The van der Waals surface area contributed by atoms with Crippen LogP contribution < -0.4 is 14.4 Å². The summed E-state index contributed by atoms with van der Waals surface area (Å²) in [6, 6.07) is 15.9. The van der Waals surface area contributed by atoms with E-state index in [-0.39, 0.29) is 6.61 Å². The van der Waals surface area contributed by atoms with Crippen LogP contribution >= 0.6 is 0 Å². The Labute approximate surface area is 143 Å². The minimum atomic E-state index is -0.525. The summed E-state index contributed by atoms with van der Waals surface area (Å²) in [5.41, 5.74) is 2.60. The molecule has 0 amide bonds. The van der Waals surface area contributed by atoms with E-state index in [2.05, 4.69) is 29.2 Å². The van der Waals surface area contributed by atoms with Crippen LogP contribution in [0.2, 0.25) is 0 Å².